The number of thiophene rings is 1. The van der Waals surface area contributed by atoms with E-state index >= 15 is 0 Å². The average molecular weight is 352 g/mol. The van der Waals surface area contributed by atoms with E-state index in [1.54, 1.807) is 18.4 Å². The molecule has 2 heterocycles. The zero-order valence-corrected chi connectivity index (χ0v) is 13.3. The van der Waals surface area contributed by atoms with Crippen molar-refractivity contribution in [3.05, 3.63) is 45.1 Å². The fourth-order valence-electron chi connectivity index (χ4n) is 2.29. The Bertz CT molecular complexity index is 655. The van der Waals surface area contributed by atoms with Gasteiger partial charge in [-0.2, -0.15) is 0 Å². The maximum atomic E-state index is 6.07. The number of aliphatic imine (C=N–C) groups is 1. The van der Waals surface area contributed by atoms with Gasteiger partial charge < -0.3 is 15.4 Å². The van der Waals surface area contributed by atoms with Crippen LogP contribution in [0, 0.1) is 0 Å². The molecule has 0 fully saturated rings. The lowest BCUT2D eigenvalue weighted by Gasteiger charge is -2.25. The van der Waals surface area contributed by atoms with Crippen molar-refractivity contribution in [2.45, 2.75) is 6.04 Å². The van der Waals surface area contributed by atoms with Crippen molar-refractivity contribution in [3.8, 4) is 5.75 Å². The van der Waals surface area contributed by atoms with Crippen LogP contribution in [0.15, 0.2) is 45.2 Å². The number of hydrogen-bond donors (Lipinski definition) is 1. The highest BCUT2D eigenvalue weighted by Gasteiger charge is 2.30. The zero-order valence-electron chi connectivity index (χ0n) is 10.9. The Hall–Kier alpha value is -1.53. The van der Waals surface area contributed by atoms with Crippen LogP contribution in [-0.4, -0.2) is 19.6 Å². The predicted octanol–water partition coefficient (Wildman–Crippen LogP) is 3.40. The van der Waals surface area contributed by atoms with Crippen molar-refractivity contribution in [2.24, 2.45) is 10.7 Å². The molecule has 1 aliphatic rings. The van der Waals surface area contributed by atoms with Gasteiger partial charge in [-0.15, -0.1) is 11.3 Å². The first-order chi connectivity index (χ1) is 9.69. The van der Waals surface area contributed by atoms with E-state index in [1.807, 2.05) is 24.3 Å². The highest BCUT2D eigenvalue weighted by Crippen LogP contribution is 2.36. The van der Waals surface area contributed by atoms with E-state index < -0.39 is 0 Å². The SMILES string of the molecule is COc1cccc(N2C(N)=NCC2c2cc(Br)cs2)c1. The van der Waals surface area contributed by atoms with E-state index in [-0.39, 0.29) is 6.04 Å². The summed E-state index contributed by atoms with van der Waals surface area (Å²) in [6, 6.07) is 10.1. The molecule has 104 valence electrons. The summed E-state index contributed by atoms with van der Waals surface area (Å²) in [5, 5.41) is 2.08. The summed E-state index contributed by atoms with van der Waals surface area (Å²) in [5.41, 5.74) is 7.06. The van der Waals surface area contributed by atoms with E-state index in [9.17, 15) is 0 Å². The topological polar surface area (TPSA) is 50.9 Å². The van der Waals surface area contributed by atoms with E-state index in [0.717, 1.165) is 15.9 Å². The summed E-state index contributed by atoms with van der Waals surface area (Å²) in [5.74, 6) is 1.36. The van der Waals surface area contributed by atoms with Crippen LogP contribution in [0.1, 0.15) is 10.9 Å². The van der Waals surface area contributed by atoms with Gasteiger partial charge in [-0.1, -0.05) is 6.07 Å². The molecule has 2 aromatic rings. The number of hydrogen-bond acceptors (Lipinski definition) is 5. The molecule has 0 aliphatic carbocycles. The number of nitrogens with two attached hydrogens (primary N) is 1. The van der Waals surface area contributed by atoms with E-state index in [2.05, 4.69) is 37.3 Å². The Kier molecular flexibility index (Phi) is 3.67. The zero-order chi connectivity index (χ0) is 14.1. The van der Waals surface area contributed by atoms with E-state index in [4.69, 9.17) is 10.5 Å². The molecule has 4 nitrogen and oxygen atoms in total. The second kappa shape index (κ2) is 5.46. The number of methoxy groups -OCH3 is 1. The first kappa shape index (κ1) is 13.5. The molecule has 1 aromatic carbocycles. The second-order valence-electron chi connectivity index (χ2n) is 4.45. The van der Waals surface area contributed by atoms with Gasteiger partial charge >= 0.3 is 0 Å². The summed E-state index contributed by atoms with van der Waals surface area (Å²) >= 11 is 5.21. The minimum absolute atomic E-state index is 0.151. The van der Waals surface area contributed by atoms with Crippen molar-refractivity contribution in [2.75, 3.05) is 18.6 Å². The molecular formula is C14H14BrN3OS. The third kappa shape index (κ3) is 2.41. The van der Waals surface area contributed by atoms with Crippen LogP contribution in [-0.2, 0) is 0 Å². The first-order valence-corrected chi connectivity index (χ1v) is 7.83. The highest BCUT2D eigenvalue weighted by molar-refractivity contribution is 9.10. The van der Waals surface area contributed by atoms with Crippen LogP contribution in [0.3, 0.4) is 0 Å². The van der Waals surface area contributed by atoms with Gasteiger partial charge in [-0.05, 0) is 34.1 Å². The predicted molar refractivity (Wildman–Crippen MR) is 86.7 cm³/mol. The Labute approximate surface area is 130 Å². The molecule has 1 unspecified atom stereocenters. The summed E-state index contributed by atoms with van der Waals surface area (Å²) < 4.78 is 6.37. The maximum Gasteiger partial charge on any atom is 0.196 e. The Morgan fingerprint density at radius 2 is 2.30 bits per heavy atom. The molecule has 1 atom stereocenters. The number of nitrogens with zero attached hydrogens (tertiary/aromatic N) is 2. The van der Waals surface area contributed by atoms with E-state index in [1.165, 1.54) is 4.88 Å². The Balaban J connectivity index is 1.97. The minimum Gasteiger partial charge on any atom is -0.497 e. The molecule has 0 amide bonds. The van der Waals surface area contributed by atoms with Gasteiger partial charge in [-0.25, -0.2) is 0 Å². The molecule has 1 aliphatic heterocycles. The smallest absolute Gasteiger partial charge is 0.196 e. The van der Waals surface area contributed by atoms with Crippen LogP contribution >= 0.6 is 27.3 Å². The summed E-state index contributed by atoms with van der Waals surface area (Å²) in [6.45, 7) is 0.677. The quantitative estimate of drug-likeness (QED) is 0.921. The van der Waals surface area contributed by atoms with Crippen molar-refractivity contribution in [3.63, 3.8) is 0 Å². The molecule has 6 heteroatoms. The maximum absolute atomic E-state index is 6.07. The lowest BCUT2D eigenvalue weighted by atomic mass is 10.2. The number of guanidine groups is 1. The van der Waals surface area contributed by atoms with Crippen LogP contribution in [0.5, 0.6) is 5.75 Å². The Morgan fingerprint density at radius 1 is 1.45 bits per heavy atom. The van der Waals surface area contributed by atoms with Gasteiger partial charge in [0.25, 0.3) is 0 Å². The standard InChI is InChI=1S/C14H14BrN3OS/c1-19-11-4-2-3-10(6-11)18-12(7-17-14(18)16)13-5-9(15)8-20-13/h2-6,8,12H,7H2,1H3,(H2,16,17). The molecule has 3 rings (SSSR count). The molecule has 0 bridgehead atoms. The molecule has 0 saturated heterocycles. The second-order valence-corrected chi connectivity index (χ2v) is 6.31. The monoisotopic (exact) mass is 351 g/mol. The molecule has 0 spiro atoms. The number of rotatable bonds is 3. The lowest BCUT2D eigenvalue weighted by Crippen LogP contribution is -2.35. The average Bonchev–Trinajstić information content (AvgIpc) is 3.05. The molecule has 2 N–H and O–H groups in total. The van der Waals surface area contributed by atoms with Crippen molar-refractivity contribution >= 4 is 38.9 Å². The van der Waals surface area contributed by atoms with Gasteiger partial charge in [0.1, 0.15) is 5.75 Å². The van der Waals surface area contributed by atoms with Crippen LogP contribution in [0.25, 0.3) is 0 Å². The molecule has 0 saturated carbocycles. The fourth-order valence-corrected chi connectivity index (χ4v) is 3.82. The number of anilines is 1. The van der Waals surface area contributed by atoms with Crippen LogP contribution in [0.4, 0.5) is 5.69 Å². The first-order valence-electron chi connectivity index (χ1n) is 6.16. The summed E-state index contributed by atoms with van der Waals surface area (Å²) in [4.78, 5) is 7.68. The molecular weight excluding hydrogens is 338 g/mol. The van der Waals surface area contributed by atoms with Crippen molar-refractivity contribution in [1.82, 2.24) is 0 Å². The van der Waals surface area contributed by atoms with Gasteiger partial charge in [0.05, 0.1) is 19.7 Å². The van der Waals surface area contributed by atoms with Gasteiger partial charge in [-0.3, -0.25) is 4.99 Å². The highest BCUT2D eigenvalue weighted by atomic mass is 79.9. The fraction of sp³-hybridized carbons (Fsp3) is 0.214. The van der Waals surface area contributed by atoms with Crippen LogP contribution in [0.2, 0.25) is 0 Å². The normalized spacial score (nSPS) is 18.2. The lowest BCUT2D eigenvalue weighted by molar-refractivity contribution is 0.415. The Morgan fingerprint density at radius 3 is 3.00 bits per heavy atom. The summed E-state index contributed by atoms with van der Waals surface area (Å²) in [7, 11) is 1.66. The molecule has 20 heavy (non-hydrogen) atoms. The molecule has 1 aromatic heterocycles. The minimum atomic E-state index is 0.151. The summed E-state index contributed by atoms with van der Waals surface area (Å²) in [6.07, 6.45) is 0. The van der Waals surface area contributed by atoms with E-state index in [0.29, 0.717) is 12.5 Å². The third-order valence-corrected chi connectivity index (χ3v) is 5.03. The van der Waals surface area contributed by atoms with Crippen molar-refractivity contribution < 1.29 is 4.74 Å². The van der Waals surface area contributed by atoms with Gasteiger partial charge in [0, 0.05) is 26.5 Å². The number of benzene rings is 1. The van der Waals surface area contributed by atoms with Gasteiger partial charge in [0.2, 0.25) is 0 Å². The van der Waals surface area contributed by atoms with Crippen molar-refractivity contribution in [1.29, 1.82) is 0 Å². The largest absolute Gasteiger partial charge is 0.497 e. The third-order valence-electron chi connectivity index (χ3n) is 3.23. The van der Waals surface area contributed by atoms with Crippen LogP contribution < -0.4 is 15.4 Å². The molecule has 0 radical (unpaired) electrons. The number of halogens is 1. The van der Waals surface area contributed by atoms with Gasteiger partial charge in [0.15, 0.2) is 5.96 Å². The number of ether oxygens (including phenoxy) is 1.